The first kappa shape index (κ1) is 14.2. The number of nitrogens with one attached hydrogen (secondary N) is 1. The summed E-state index contributed by atoms with van der Waals surface area (Å²) in [4.78, 5) is 15.9. The van der Waals surface area contributed by atoms with Gasteiger partial charge in [0.05, 0.1) is 5.56 Å². The fraction of sp³-hybridized carbons (Fsp3) is 0.250. The van der Waals surface area contributed by atoms with Crippen LogP contribution in [0.25, 0.3) is 0 Å². The molecular weight excluding hydrogens is 255 g/mol. The van der Waals surface area contributed by atoms with Crippen LogP contribution < -0.4 is 5.32 Å². The molecule has 1 heterocycles. The Hall–Kier alpha value is -2.23. The molecule has 0 unspecified atom stereocenters. The topological polar surface area (TPSA) is 42.0 Å². The molecule has 0 saturated heterocycles. The quantitative estimate of drug-likeness (QED) is 0.850. The first-order valence-corrected chi connectivity index (χ1v) is 6.60. The Labute approximate surface area is 117 Å². The minimum Gasteiger partial charge on any atom is -0.352 e. The Kier molecular flexibility index (Phi) is 4.82. The number of carbonyl (C=O) groups is 1. The van der Waals surface area contributed by atoms with E-state index in [0.717, 1.165) is 24.0 Å². The van der Waals surface area contributed by atoms with E-state index in [1.54, 1.807) is 19.2 Å². The van der Waals surface area contributed by atoms with E-state index in [9.17, 15) is 9.18 Å². The highest BCUT2D eigenvalue weighted by molar-refractivity contribution is 5.94. The van der Waals surface area contributed by atoms with Crippen LogP contribution in [-0.4, -0.2) is 17.4 Å². The lowest BCUT2D eigenvalue weighted by molar-refractivity contribution is 0.0949. The fourth-order valence-corrected chi connectivity index (χ4v) is 1.94. The van der Waals surface area contributed by atoms with E-state index in [4.69, 9.17) is 0 Å². The normalized spacial score (nSPS) is 10.3. The predicted octanol–water partition coefficient (Wildman–Crippen LogP) is 2.89. The Morgan fingerprint density at radius 1 is 1.35 bits per heavy atom. The van der Waals surface area contributed by atoms with Crippen LogP contribution in [0, 0.1) is 12.7 Å². The van der Waals surface area contributed by atoms with Gasteiger partial charge in [-0.15, -0.1) is 0 Å². The lowest BCUT2D eigenvalue weighted by Crippen LogP contribution is -2.25. The van der Waals surface area contributed by atoms with Crippen LogP contribution >= 0.6 is 0 Å². The molecule has 0 radical (unpaired) electrons. The summed E-state index contributed by atoms with van der Waals surface area (Å²) >= 11 is 0. The summed E-state index contributed by atoms with van der Waals surface area (Å²) in [6.07, 6.45) is 5.17. The van der Waals surface area contributed by atoms with E-state index < -0.39 is 5.82 Å². The zero-order valence-electron chi connectivity index (χ0n) is 11.4. The van der Waals surface area contributed by atoms with Gasteiger partial charge in [0.1, 0.15) is 5.82 Å². The predicted molar refractivity (Wildman–Crippen MR) is 76.0 cm³/mol. The number of hydrogen-bond donors (Lipinski definition) is 1. The molecule has 3 nitrogen and oxygen atoms in total. The maximum Gasteiger partial charge on any atom is 0.254 e. The third-order valence-electron chi connectivity index (χ3n) is 3.02. The SMILES string of the molecule is Cc1ccc(C(=O)NCCCc2cccnc2)c(F)c1. The third-order valence-corrected chi connectivity index (χ3v) is 3.02. The smallest absolute Gasteiger partial charge is 0.254 e. The molecule has 0 atom stereocenters. The van der Waals surface area contributed by atoms with Crippen LogP contribution in [0.2, 0.25) is 0 Å². The monoisotopic (exact) mass is 272 g/mol. The molecule has 104 valence electrons. The van der Waals surface area contributed by atoms with Gasteiger partial charge in [-0.2, -0.15) is 0 Å². The van der Waals surface area contributed by atoms with Crippen molar-refractivity contribution in [2.75, 3.05) is 6.54 Å². The molecule has 0 fully saturated rings. The summed E-state index contributed by atoms with van der Waals surface area (Å²) in [6.45, 7) is 2.31. The number of halogens is 1. The van der Waals surface area contributed by atoms with E-state index >= 15 is 0 Å². The third kappa shape index (κ3) is 3.88. The van der Waals surface area contributed by atoms with Crippen molar-refractivity contribution >= 4 is 5.91 Å². The van der Waals surface area contributed by atoms with Gasteiger partial charge in [0.15, 0.2) is 0 Å². The summed E-state index contributed by atoms with van der Waals surface area (Å²) in [7, 11) is 0. The van der Waals surface area contributed by atoms with E-state index in [1.807, 2.05) is 18.3 Å². The lowest BCUT2D eigenvalue weighted by Gasteiger charge is -2.06. The van der Waals surface area contributed by atoms with E-state index in [2.05, 4.69) is 10.3 Å². The van der Waals surface area contributed by atoms with Crippen LogP contribution in [-0.2, 0) is 6.42 Å². The molecule has 0 aliphatic rings. The number of carbonyl (C=O) groups excluding carboxylic acids is 1. The Bertz CT molecular complexity index is 584. The average Bonchev–Trinajstić information content (AvgIpc) is 2.44. The Morgan fingerprint density at radius 2 is 2.20 bits per heavy atom. The fourth-order valence-electron chi connectivity index (χ4n) is 1.94. The van der Waals surface area contributed by atoms with Crippen molar-refractivity contribution < 1.29 is 9.18 Å². The minimum atomic E-state index is -0.477. The van der Waals surface area contributed by atoms with Crippen molar-refractivity contribution in [2.45, 2.75) is 19.8 Å². The standard InChI is InChI=1S/C16H17FN2O/c1-12-6-7-14(15(17)10-12)16(20)19-9-3-5-13-4-2-8-18-11-13/h2,4,6-8,10-11H,3,5,9H2,1H3,(H,19,20). The van der Waals surface area contributed by atoms with Crippen molar-refractivity contribution in [3.63, 3.8) is 0 Å². The van der Waals surface area contributed by atoms with Crippen LogP contribution in [0.5, 0.6) is 0 Å². The van der Waals surface area contributed by atoms with Gasteiger partial charge in [0.2, 0.25) is 0 Å². The van der Waals surface area contributed by atoms with Crippen molar-refractivity contribution in [3.05, 3.63) is 65.2 Å². The second-order valence-corrected chi connectivity index (χ2v) is 4.70. The minimum absolute atomic E-state index is 0.0944. The molecule has 2 aromatic rings. The summed E-state index contributed by atoms with van der Waals surface area (Å²) in [5.41, 5.74) is 2.02. The zero-order chi connectivity index (χ0) is 14.4. The van der Waals surface area contributed by atoms with Crippen molar-refractivity contribution in [2.24, 2.45) is 0 Å². The van der Waals surface area contributed by atoms with Crippen LogP contribution in [0.1, 0.15) is 27.9 Å². The van der Waals surface area contributed by atoms with Gasteiger partial charge in [0, 0.05) is 18.9 Å². The van der Waals surface area contributed by atoms with Crippen molar-refractivity contribution in [1.29, 1.82) is 0 Å². The molecule has 20 heavy (non-hydrogen) atoms. The van der Waals surface area contributed by atoms with Gasteiger partial charge in [-0.3, -0.25) is 9.78 Å². The number of pyridine rings is 1. The molecule has 0 aliphatic carbocycles. The first-order chi connectivity index (χ1) is 9.66. The number of hydrogen-bond acceptors (Lipinski definition) is 2. The first-order valence-electron chi connectivity index (χ1n) is 6.60. The van der Waals surface area contributed by atoms with Crippen LogP contribution in [0.4, 0.5) is 4.39 Å². The molecule has 0 aliphatic heterocycles. The van der Waals surface area contributed by atoms with Crippen molar-refractivity contribution in [3.8, 4) is 0 Å². The summed E-state index contributed by atoms with van der Waals surface area (Å²) < 4.78 is 13.6. The second-order valence-electron chi connectivity index (χ2n) is 4.70. The average molecular weight is 272 g/mol. The Balaban J connectivity index is 1.80. The molecule has 2 rings (SSSR count). The molecule has 4 heteroatoms. The van der Waals surface area contributed by atoms with Gasteiger partial charge in [-0.25, -0.2) is 4.39 Å². The molecule has 0 bridgehead atoms. The van der Waals surface area contributed by atoms with Gasteiger partial charge in [-0.1, -0.05) is 12.1 Å². The molecule has 1 amide bonds. The number of benzene rings is 1. The molecular formula is C16H17FN2O. The van der Waals surface area contributed by atoms with Gasteiger partial charge in [0.25, 0.3) is 5.91 Å². The highest BCUT2D eigenvalue weighted by Crippen LogP contribution is 2.09. The Morgan fingerprint density at radius 3 is 2.90 bits per heavy atom. The number of rotatable bonds is 5. The largest absolute Gasteiger partial charge is 0.352 e. The molecule has 1 N–H and O–H groups in total. The van der Waals surface area contributed by atoms with E-state index in [0.29, 0.717) is 6.54 Å². The van der Waals surface area contributed by atoms with Gasteiger partial charge < -0.3 is 5.32 Å². The maximum absolute atomic E-state index is 13.6. The molecule has 1 aromatic heterocycles. The summed E-state index contributed by atoms with van der Waals surface area (Å²) in [6, 6.07) is 8.49. The van der Waals surface area contributed by atoms with Crippen molar-refractivity contribution in [1.82, 2.24) is 10.3 Å². The number of nitrogens with zero attached hydrogens (tertiary/aromatic N) is 1. The van der Waals surface area contributed by atoms with E-state index in [1.165, 1.54) is 12.1 Å². The van der Waals surface area contributed by atoms with Crippen LogP contribution in [0.3, 0.4) is 0 Å². The summed E-state index contributed by atoms with van der Waals surface area (Å²) in [5, 5.41) is 2.73. The van der Waals surface area contributed by atoms with E-state index in [-0.39, 0.29) is 11.5 Å². The molecule has 1 aromatic carbocycles. The van der Waals surface area contributed by atoms with Gasteiger partial charge in [-0.05, 0) is 49.1 Å². The number of aromatic nitrogens is 1. The highest BCUT2D eigenvalue weighted by atomic mass is 19.1. The molecule has 0 saturated carbocycles. The van der Waals surface area contributed by atoms with Crippen LogP contribution in [0.15, 0.2) is 42.7 Å². The maximum atomic E-state index is 13.6. The second kappa shape index (κ2) is 6.80. The van der Waals surface area contributed by atoms with Gasteiger partial charge >= 0.3 is 0 Å². The molecule has 0 spiro atoms. The highest BCUT2D eigenvalue weighted by Gasteiger charge is 2.10. The number of amides is 1. The number of aryl methyl sites for hydroxylation is 2. The lowest BCUT2D eigenvalue weighted by atomic mass is 10.1. The summed E-state index contributed by atoms with van der Waals surface area (Å²) in [5.74, 6) is -0.844. The zero-order valence-corrected chi connectivity index (χ0v) is 11.4.